The number of aryl methyl sites for hydroxylation is 1. The quantitative estimate of drug-likeness (QED) is 0.901. The van der Waals surface area contributed by atoms with Gasteiger partial charge in [-0.2, -0.15) is 11.8 Å². The highest BCUT2D eigenvalue weighted by atomic mass is 32.2. The molecule has 0 bridgehead atoms. The topological polar surface area (TPSA) is 61.9 Å². The molecule has 1 unspecified atom stereocenters. The Morgan fingerprint density at radius 3 is 2.79 bits per heavy atom. The number of amides is 2. The summed E-state index contributed by atoms with van der Waals surface area (Å²) >= 11 is 1.99. The van der Waals surface area contributed by atoms with Gasteiger partial charge in [0.2, 0.25) is 5.91 Å². The number of carbonyl (C=O) groups is 2. The summed E-state index contributed by atoms with van der Waals surface area (Å²) in [6, 6.07) is 6.11. The highest BCUT2D eigenvalue weighted by Crippen LogP contribution is 2.29. The highest BCUT2D eigenvalue weighted by molar-refractivity contribution is 7.99. The van der Waals surface area contributed by atoms with Crippen molar-refractivity contribution in [2.45, 2.75) is 20.0 Å². The van der Waals surface area contributed by atoms with E-state index in [1.807, 2.05) is 23.9 Å². The van der Waals surface area contributed by atoms with Crippen LogP contribution in [0.15, 0.2) is 18.2 Å². The zero-order valence-corrected chi connectivity index (χ0v) is 14.9. The van der Waals surface area contributed by atoms with Gasteiger partial charge in [0.25, 0.3) is 0 Å². The minimum Gasteiger partial charge on any atom is -0.442 e. The van der Waals surface area contributed by atoms with Crippen LogP contribution >= 0.6 is 11.8 Å². The molecule has 2 saturated heterocycles. The van der Waals surface area contributed by atoms with Crippen molar-refractivity contribution in [3.8, 4) is 0 Å². The van der Waals surface area contributed by atoms with Crippen LogP contribution in [0.1, 0.15) is 12.5 Å². The molecule has 6 nitrogen and oxygen atoms in total. The van der Waals surface area contributed by atoms with Crippen molar-refractivity contribution in [2.24, 2.45) is 0 Å². The van der Waals surface area contributed by atoms with E-state index in [2.05, 4.69) is 23.2 Å². The number of anilines is 2. The van der Waals surface area contributed by atoms with Crippen molar-refractivity contribution in [2.75, 3.05) is 47.5 Å². The Labute approximate surface area is 146 Å². The van der Waals surface area contributed by atoms with E-state index >= 15 is 0 Å². The number of cyclic esters (lactones) is 1. The number of ether oxygens (including phenoxy) is 1. The number of nitrogens with zero attached hydrogens (tertiary/aromatic N) is 2. The van der Waals surface area contributed by atoms with Crippen LogP contribution in [-0.2, 0) is 9.53 Å². The molecule has 2 fully saturated rings. The predicted molar refractivity (Wildman–Crippen MR) is 97.0 cm³/mol. The Morgan fingerprint density at radius 2 is 2.12 bits per heavy atom. The van der Waals surface area contributed by atoms with Crippen LogP contribution < -0.4 is 15.1 Å². The zero-order valence-electron chi connectivity index (χ0n) is 14.1. The number of nitrogens with one attached hydrogen (secondary N) is 1. The summed E-state index contributed by atoms with van der Waals surface area (Å²) in [5, 5.41) is 2.69. The average molecular weight is 349 g/mol. The maximum absolute atomic E-state index is 12.1. The third-order valence-electron chi connectivity index (χ3n) is 4.30. The summed E-state index contributed by atoms with van der Waals surface area (Å²) in [6.45, 7) is 6.47. The largest absolute Gasteiger partial charge is 0.442 e. The van der Waals surface area contributed by atoms with Crippen LogP contribution in [0.25, 0.3) is 0 Å². The lowest BCUT2D eigenvalue weighted by Gasteiger charge is -2.30. The molecule has 0 aromatic heterocycles. The minimum atomic E-state index is -0.355. The zero-order chi connectivity index (χ0) is 17.1. The molecular weight excluding hydrogens is 326 g/mol. The molecule has 2 aliphatic rings. The highest BCUT2D eigenvalue weighted by Gasteiger charge is 2.32. The minimum absolute atomic E-state index is 0.121. The third kappa shape index (κ3) is 3.77. The van der Waals surface area contributed by atoms with E-state index in [4.69, 9.17) is 4.74 Å². The Morgan fingerprint density at radius 1 is 1.38 bits per heavy atom. The van der Waals surface area contributed by atoms with Gasteiger partial charge >= 0.3 is 6.09 Å². The van der Waals surface area contributed by atoms with Gasteiger partial charge in [-0.1, -0.05) is 0 Å². The van der Waals surface area contributed by atoms with Crippen molar-refractivity contribution in [3.05, 3.63) is 23.8 Å². The lowest BCUT2D eigenvalue weighted by atomic mass is 10.1. The first-order valence-electron chi connectivity index (χ1n) is 8.20. The molecule has 0 spiro atoms. The van der Waals surface area contributed by atoms with E-state index < -0.39 is 0 Å². The first-order chi connectivity index (χ1) is 11.5. The maximum atomic E-state index is 12.1. The van der Waals surface area contributed by atoms with Crippen molar-refractivity contribution in [1.29, 1.82) is 0 Å². The SMILES string of the molecule is CC(=O)NCC1CN(c2ccc(N3CCSCC3)c(C)c2)C(=O)O1. The fourth-order valence-corrected chi connectivity index (χ4v) is 3.97. The summed E-state index contributed by atoms with van der Waals surface area (Å²) in [4.78, 5) is 27.1. The van der Waals surface area contributed by atoms with Crippen LogP contribution in [0.2, 0.25) is 0 Å². The van der Waals surface area contributed by atoms with Crippen LogP contribution in [0.4, 0.5) is 16.2 Å². The van der Waals surface area contributed by atoms with Gasteiger partial charge in [0.15, 0.2) is 0 Å². The maximum Gasteiger partial charge on any atom is 0.414 e. The van der Waals surface area contributed by atoms with Gasteiger partial charge in [-0.25, -0.2) is 4.79 Å². The molecule has 24 heavy (non-hydrogen) atoms. The van der Waals surface area contributed by atoms with E-state index in [-0.39, 0.29) is 18.1 Å². The molecule has 0 aliphatic carbocycles. The molecule has 0 radical (unpaired) electrons. The van der Waals surface area contributed by atoms with Crippen LogP contribution in [0, 0.1) is 6.92 Å². The first-order valence-corrected chi connectivity index (χ1v) is 9.36. The molecule has 130 valence electrons. The Balaban J connectivity index is 1.69. The summed E-state index contributed by atoms with van der Waals surface area (Å²) in [5.74, 6) is 2.19. The van der Waals surface area contributed by atoms with Gasteiger partial charge in [-0.15, -0.1) is 0 Å². The van der Waals surface area contributed by atoms with Gasteiger partial charge in [0.05, 0.1) is 13.1 Å². The van der Waals surface area contributed by atoms with E-state index in [0.717, 1.165) is 35.8 Å². The van der Waals surface area contributed by atoms with Crippen molar-refractivity contribution >= 4 is 35.1 Å². The Bertz CT molecular complexity index is 632. The molecule has 2 heterocycles. The van der Waals surface area contributed by atoms with Crippen LogP contribution in [0.5, 0.6) is 0 Å². The molecule has 2 aliphatic heterocycles. The standard InChI is InChI=1S/C17H23N3O3S/c1-12-9-14(3-4-16(12)19-5-7-24-8-6-19)20-11-15(23-17(20)22)10-18-13(2)21/h3-4,9,15H,5-8,10-11H2,1-2H3,(H,18,21). The smallest absolute Gasteiger partial charge is 0.414 e. The number of carbonyl (C=O) groups excluding carboxylic acids is 2. The number of hydrogen-bond acceptors (Lipinski definition) is 5. The molecule has 0 saturated carbocycles. The second kappa shape index (κ2) is 7.34. The number of rotatable bonds is 4. The van der Waals surface area contributed by atoms with E-state index in [1.165, 1.54) is 12.6 Å². The van der Waals surface area contributed by atoms with Gasteiger partial charge in [-0.05, 0) is 30.7 Å². The number of hydrogen-bond donors (Lipinski definition) is 1. The molecule has 3 rings (SSSR count). The van der Waals surface area contributed by atoms with Gasteiger partial charge in [0.1, 0.15) is 6.10 Å². The molecule has 1 N–H and O–H groups in total. The van der Waals surface area contributed by atoms with Crippen molar-refractivity contribution in [3.63, 3.8) is 0 Å². The summed E-state index contributed by atoms with van der Waals surface area (Å²) in [7, 11) is 0. The Hall–Kier alpha value is -1.89. The number of thioether (sulfide) groups is 1. The predicted octanol–water partition coefficient (Wildman–Crippen LogP) is 2.01. The van der Waals surface area contributed by atoms with Crippen molar-refractivity contribution in [1.82, 2.24) is 5.32 Å². The van der Waals surface area contributed by atoms with Gasteiger partial charge in [-0.3, -0.25) is 9.69 Å². The molecule has 2 amide bonds. The second-order valence-corrected chi connectivity index (χ2v) is 7.35. The fourth-order valence-electron chi connectivity index (χ4n) is 3.06. The van der Waals surface area contributed by atoms with Crippen LogP contribution in [0.3, 0.4) is 0 Å². The molecule has 1 aromatic carbocycles. The normalized spacial score (nSPS) is 20.9. The molecule has 1 atom stereocenters. The summed E-state index contributed by atoms with van der Waals surface area (Å²) < 4.78 is 5.32. The lowest BCUT2D eigenvalue weighted by Crippen LogP contribution is -2.33. The monoisotopic (exact) mass is 349 g/mol. The van der Waals surface area contributed by atoms with E-state index in [1.54, 1.807) is 4.90 Å². The first kappa shape index (κ1) is 17.0. The van der Waals surface area contributed by atoms with Gasteiger partial charge < -0.3 is 15.0 Å². The molecule has 1 aromatic rings. The van der Waals surface area contributed by atoms with Gasteiger partial charge in [0, 0.05) is 42.9 Å². The lowest BCUT2D eigenvalue weighted by molar-refractivity contribution is -0.119. The molecular formula is C17H23N3O3S. The summed E-state index contributed by atoms with van der Waals surface area (Å²) in [5.41, 5.74) is 3.25. The third-order valence-corrected chi connectivity index (χ3v) is 5.24. The second-order valence-electron chi connectivity index (χ2n) is 6.12. The summed E-state index contributed by atoms with van der Waals surface area (Å²) in [6.07, 6.45) is -0.660. The fraction of sp³-hybridized carbons (Fsp3) is 0.529. The van der Waals surface area contributed by atoms with E-state index in [9.17, 15) is 9.59 Å². The Kier molecular flexibility index (Phi) is 5.18. The van der Waals surface area contributed by atoms with Crippen molar-refractivity contribution < 1.29 is 14.3 Å². The van der Waals surface area contributed by atoms with E-state index in [0.29, 0.717) is 13.1 Å². The van der Waals surface area contributed by atoms with Crippen LogP contribution in [-0.4, -0.2) is 55.8 Å². The molecule has 7 heteroatoms. The number of benzene rings is 1. The average Bonchev–Trinajstić information content (AvgIpc) is 2.94.